The average molecular weight is 237 g/mol. The number of aromatic nitrogens is 1. The van der Waals surface area contributed by atoms with Gasteiger partial charge in [0.15, 0.2) is 0 Å². The third-order valence-corrected chi connectivity index (χ3v) is 3.35. The molecule has 1 aromatic heterocycles. The summed E-state index contributed by atoms with van der Waals surface area (Å²) >= 11 is 0. The summed E-state index contributed by atoms with van der Waals surface area (Å²) in [7, 11) is 1.93. The summed E-state index contributed by atoms with van der Waals surface area (Å²) in [5, 5.41) is 7.09. The Kier molecular flexibility index (Phi) is 3.47. The van der Waals surface area contributed by atoms with Crippen molar-refractivity contribution in [1.29, 1.82) is 0 Å². The smallest absolute Gasteiger partial charge is 0.259 e. The van der Waals surface area contributed by atoms with Gasteiger partial charge in [0, 0.05) is 25.6 Å². The molecule has 1 N–H and O–H groups in total. The van der Waals surface area contributed by atoms with Gasteiger partial charge in [-0.25, -0.2) is 0 Å². The minimum atomic E-state index is 0.0540. The zero-order valence-corrected chi connectivity index (χ0v) is 10.6. The van der Waals surface area contributed by atoms with Gasteiger partial charge in [0.2, 0.25) is 0 Å². The maximum absolute atomic E-state index is 12.4. The van der Waals surface area contributed by atoms with E-state index in [1.165, 1.54) is 0 Å². The van der Waals surface area contributed by atoms with Crippen molar-refractivity contribution in [2.24, 2.45) is 0 Å². The van der Waals surface area contributed by atoms with Crippen molar-refractivity contribution < 1.29 is 9.32 Å². The highest BCUT2D eigenvalue weighted by Gasteiger charge is 2.29. The van der Waals surface area contributed by atoms with Gasteiger partial charge in [-0.05, 0) is 20.4 Å². The van der Waals surface area contributed by atoms with Crippen molar-refractivity contribution in [3.63, 3.8) is 0 Å². The second-order valence-electron chi connectivity index (χ2n) is 4.45. The normalized spacial score (nSPS) is 19.9. The number of nitrogens with zero attached hydrogens (tertiary/aromatic N) is 2. The molecule has 1 amide bonds. The molecule has 0 aliphatic carbocycles. The van der Waals surface area contributed by atoms with Gasteiger partial charge in [0.05, 0.1) is 5.69 Å². The lowest BCUT2D eigenvalue weighted by atomic mass is 10.1. The molecule has 94 valence electrons. The Labute approximate surface area is 101 Å². The lowest BCUT2D eigenvalue weighted by Crippen LogP contribution is -2.33. The topological polar surface area (TPSA) is 58.4 Å². The minimum Gasteiger partial charge on any atom is -0.360 e. The SMILES string of the molecule is CCc1onc(C)c1C(=O)N1CCC(NC)C1. The van der Waals surface area contributed by atoms with Crippen LogP contribution in [0.1, 0.15) is 35.2 Å². The summed E-state index contributed by atoms with van der Waals surface area (Å²) in [4.78, 5) is 14.2. The molecule has 0 spiro atoms. The van der Waals surface area contributed by atoms with Crippen molar-refractivity contribution >= 4 is 5.91 Å². The quantitative estimate of drug-likeness (QED) is 0.851. The minimum absolute atomic E-state index is 0.0540. The molecule has 2 heterocycles. The van der Waals surface area contributed by atoms with E-state index in [2.05, 4.69) is 10.5 Å². The first-order chi connectivity index (χ1) is 8.17. The fraction of sp³-hybridized carbons (Fsp3) is 0.667. The van der Waals surface area contributed by atoms with Gasteiger partial charge >= 0.3 is 0 Å². The van der Waals surface area contributed by atoms with E-state index >= 15 is 0 Å². The molecule has 5 heteroatoms. The molecular formula is C12H19N3O2. The van der Waals surface area contributed by atoms with E-state index in [9.17, 15) is 4.79 Å². The average Bonchev–Trinajstić information content (AvgIpc) is 2.94. The highest BCUT2D eigenvalue weighted by molar-refractivity contribution is 5.96. The number of carbonyl (C=O) groups excluding carboxylic acids is 1. The second kappa shape index (κ2) is 4.87. The van der Waals surface area contributed by atoms with E-state index in [1.54, 1.807) is 0 Å². The molecule has 2 rings (SSSR count). The van der Waals surface area contributed by atoms with Crippen molar-refractivity contribution in [3.8, 4) is 0 Å². The van der Waals surface area contributed by atoms with Crippen LogP contribution in [0.15, 0.2) is 4.52 Å². The zero-order valence-electron chi connectivity index (χ0n) is 10.6. The van der Waals surface area contributed by atoms with E-state index < -0.39 is 0 Å². The first-order valence-corrected chi connectivity index (χ1v) is 6.09. The van der Waals surface area contributed by atoms with Crippen LogP contribution < -0.4 is 5.32 Å². The number of hydrogen-bond donors (Lipinski definition) is 1. The molecule has 0 saturated carbocycles. The molecule has 0 bridgehead atoms. The van der Waals surface area contributed by atoms with Crippen LogP contribution >= 0.6 is 0 Å². The highest BCUT2D eigenvalue weighted by Crippen LogP contribution is 2.19. The van der Waals surface area contributed by atoms with Gasteiger partial charge in [-0.1, -0.05) is 12.1 Å². The maximum atomic E-state index is 12.4. The number of aryl methyl sites for hydroxylation is 2. The van der Waals surface area contributed by atoms with Crippen LogP contribution in [-0.4, -0.2) is 42.1 Å². The predicted octanol–water partition coefficient (Wildman–Crippen LogP) is 0.979. The van der Waals surface area contributed by atoms with E-state index in [0.29, 0.717) is 29.5 Å². The van der Waals surface area contributed by atoms with Crippen LogP contribution in [0.2, 0.25) is 0 Å². The zero-order chi connectivity index (χ0) is 12.4. The van der Waals surface area contributed by atoms with Gasteiger partial charge in [-0.2, -0.15) is 0 Å². The number of carbonyl (C=O) groups is 1. The predicted molar refractivity (Wildman–Crippen MR) is 64.0 cm³/mol. The molecule has 1 fully saturated rings. The first kappa shape index (κ1) is 12.1. The Bertz CT molecular complexity index is 414. The van der Waals surface area contributed by atoms with Gasteiger partial charge < -0.3 is 14.7 Å². The second-order valence-corrected chi connectivity index (χ2v) is 4.45. The van der Waals surface area contributed by atoms with Crippen molar-refractivity contribution in [1.82, 2.24) is 15.4 Å². The van der Waals surface area contributed by atoms with E-state index in [4.69, 9.17) is 4.52 Å². The van der Waals surface area contributed by atoms with Gasteiger partial charge in [0.25, 0.3) is 5.91 Å². The number of nitrogens with one attached hydrogen (secondary N) is 1. The van der Waals surface area contributed by atoms with Crippen LogP contribution in [0.5, 0.6) is 0 Å². The van der Waals surface area contributed by atoms with Crippen LogP contribution in [0.25, 0.3) is 0 Å². The summed E-state index contributed by atoms with van der Waals surface area (Å²) in [6.07, 6.45) is 1.71. The number of likely N-dealkylation sites (N-methyl/N-ethyl adjacent to an activating group) is 1. The number of amides is 1. The van der Waals surface area contributed by atoms with E-state index in [0.717, 1.165) is 19.5 Å². The summed E-state index contributed by atoms with van der Waals surface area (Å²) in [5.41, 5.74) is 1.35. The molecule has 1 saturated heterocycles. The molecule has 17 heavy (non-hydrogen) atoms. The lowest BCUT2D eigenvalue weighted by molar-refractivity contribution is 0.0787. The van der Waals surface area contributed by atoms with Crippen LogP contribution in [0.3, 0.4) is 0 Å². The fourth-order valence-corrected chi connectivity index (χ4v) is 2.27. The summed E-state index contributed by atoms with van der Waals surface area (Å²) in [6.45, 7) is 5.36. The van der Waals surface area contributed by atoms with E-state index in [1.807, 2.05) is 25.8 Å². The molecule has 1 aliphatic rings. The van der Waals surface area contributed by atoms with Gasteiger partial charge in [-0.3, -0.25) is 4.79 Å². The maximum Gasteiger partial charge on any atom is 0.259 e. The van der Waals surface area contributed by atoms with Gasteiger partial charge in [0.1, 0.15) is 11.3 Å². The first-order valence-electron chi connectivity index (χ1n) is 6.09. The van der Waals surface area contributed by atoms with Crippen molar-refractivity contribution in [2.45, 2.75) is 32.7 Å². The third kappa shape index (κ3) is 2.20. The summed E-state index contributed by atoms with van der Waals surface area (Å²) in [6, 6.07) is 0.407. The van der Waals surface area contributed by atoms with Crippen molar-refractivity contribution in [3.05, 3.63) is 17.0 Å². The third-order valence-electron chi connectivity index (χ3n) is 3.35. The van der Waals surface area contributed by atoms with Crippen LogP contribution in [0.4, 0.5) is 0 Å². The van der Waals surface area contributed by atoms with Crippen molar-refractivity contribution in [2.75, 3.05) is 20.1 Å². The Hall–Kier alpha value is -1.36. The molecular weight excluding hydrogens is 218 g/mol. The molecule has 1 unspecified atom stereocenters. The number of rotatable bonds is 3. The van der Waals surface area contributed by atoms with Crippen LogP contribution in [-0.2, 0) is 6.42 Å². The summed E-state index contributed by atoms with van der Waals surface area (Å²) < 4.78 is 5.17. The Morgan fingerprint density at radius 3 is 3.00 bits per heavy atom. The molecule has 1 atom stereocenters. The molecule has 0 aromatic carbocycles. The Morgan fingerprint density at radius 1 is 1.65 bits per heavy atom. The summed E-state index contributed by atoms with van der Waals surface area (Å²) in [5.74, 6) is 0.749. The standard InChI is InChI=1S/C12H19N3O2/c1-4-10-11(8(2)14-17-10)12(16)15-6-5-9(7-15)13-3/h9,13H,4-7H2,1-3H3. The Morgan fingerprint density at radius 2 is 2.41 bits per heavy atom. The largest absolute Gasteiger partial charge is 0.360 e. The Balaban J connectivity index is 2.17. The highest BCUT2D eigenvalue weighted by atomic mass is 16.5. The fourth-order valence-electron chi connectivity index (χ4n) is 2.27. The lowest BCUT2D eigenvalue weighted by Gasteiger charge is -2.16. The molecule has 1 aliphatic heterocycles. The molecule has 5 nitrogen and oxygen atoms in total. The van der Waals surface area contributed by atoms with E-state index in [-0.39, 0.29) is 5.91 Å². The van der Waals surface area contributed by atoms with Crippen LogP contribution in [0, 0.1) is 6.92 Å². The number of likely N-dealkylation sites (tertiary alicyclic amines) is 1. The number of hydrogen-bond acceptors (Lipinski definition) is 4. The molecule has 1 aromatic rings. The monoisotopic (exact) mass is 237 g/mol. The molecule has 0 radical (unpaired) electrons. The van der Waals surface area contributed by atoms with Gasteiger partial charge in [-0.15, -0.1) is 0 Å².